The number of benzene rings is 1. The third-order valence-electron chi connectivity index (χ3n) is 2.63. The zero-order valence-electron chi connectivity index (χ0n) is 10.5. The molecule has 18 heavy (non-hydrogen) atoms. The van der Waals surface area contributed by atoms with E-state index in [2.05, 4.69) is 39.9 Å². The maximum absolute atomic E-state index is 5.76. The van der Waals surface area contributed by atoms with Crippen LogP contribution < -0.4 is 5.73 Å². The van der Waals surface area contributed by atoms with Gasteiger partial charge in [0.1, 0.15) is 0 Å². The molecule has 5 heteroatoms. The smallest absolute Gasteiger partial charge is 0.259 e. The number of hydrogen-bond donors (Lipinski definition) is 1. The lowest BCUT2D eigenvalue weighted by molar-refractivity contribution is 0.419. The summed E-state index contributed by atoms with van der Waals surface area (Å²) in [6.45, 7) is 4.35. The molecule has 0 aliphatic rings. The van der Waals surface area contributed by atoms with Gasteiger partial charge in [0.25, 0.3) is 5.89 Å². The van der Waals surface area contributed by atoms with Gasteiger partial charge in [0, 0.05) is 16.6 Å². The molecule has 0 radical (unpaired) electrons. The van der Waals surface area contributed by atoms with Crippen molar-refractivity contribution in [2.45, 2.75) is 26.7 Å². The molecule has 0 amide bonds. The van der Waals surface area contributed by atoms with Crippen LogP contribution in [0.3, 0.4) is 0 Å². The van der Waals surface area contributed by atoms with Gasteiger partial charge in [0.15, 0.2) is 5.82 Å². The van der Waals surface area contributed by atoms with Gasteiger partial charge in [-0.3, -0.25) is 0 Å². The maximum Gasteiger partial charge on any atom is 0.259 e. The van der Waals surface area contributed by atoms with Crippen molar-refractivity contribution < 1.29 is 4.52 Å². The minimum atomic E-state index is 0.507. The fourth-order valence-corrected chi connectivity index (χ4v) is 2.01. The Morgan fingerprint density at radius 3 is 2.89 bits per heavy atom. The molecule has 96 valence electrons. The normalized spacial score (nSPS) is 11.1. The predicted molar refractivity (Wildman–Crippen MR) is 75.0 cm³/mol. The monoisotopic (exact) mass is 309 g/mol. The summed E-state index contributed by atoms with van der Waals surface area (Å²) < 4.78 is 6.17. The van der Waals surface area contributed by atoms with E-state index in [1.165, 1.54) is 0 Å². The second kappa shape index (κ2) is 5.52. The number of aromatic nitrogens is 2. The molecule has 1 aromatic heterocycles. The van der Waals surface area contributed by atoms with Crippen molar-refractivity contribution in [2.24, 2.45) is 5.92 Å². The van der Waals surface area contributed by atoms with E-state index in [1.54, 1.807) is 0 Å². The molecule has 2 rings (SSSR count). The van der Waals surface area contributed by atoms with Gasteiger partial charge in [-0.1, -0.05) is 19.0 Å². The molecular formula is C13H16BrN3O. The van der Waals surface area contributed by atoms with Crippen molar-refractivity contribution in [2.75, 3.05) is 5.73 Å². The van der Waals surface area contributed by atoms with Crippen LogP contribution in [-0.4, -0.2) is 10.1 Å². The first kappa shape index (κ1) is 13.1. The third-order valence-corrected chi connectivity index (χ3v) is 3.33. The summed E-state index contributed by atoms with van der Waals surface area (Å²) >= 11 is 3.46. The zero-order chi connectivity index (χ0) is 13.1. The molecule has 1 aromatic carbocycles. The van der Waals surface area contributed by atoms with E-state index >= 15 is 0 Å². The molecule has 0 aliphatic heterocycles. The van der Waals surface area contributed by atoms with Crippen LogP contribution in [0.2, 0.25) is 0 Å². The number of anilines is 1. The maximum atomic E-state index is 5.76. The highest BCUT2D eigenvalue weighted by Gasteiger charge is 2.12. The van der Waals surface area contributed by atoms with Crippen molar-refractivity contribution in [3.05, 3.63) is 28.5 Å². The van der Waals surface area contributed by atoms with Crippen LogP contribution in [0.15, 0.2) is 27.2 Å². The molecule has 0 bridgehead atoms. The van der Waals surface area contributed by atoms with Crippen LogP contribution in [-0.2, 0) is 6.42 Å². The van der Waals surface area contributed by atoms with Gasteiger partial charge in [-0.05, 0) is 46.5 Å². The fourth-order valence-electron chi connectivity index (χ4n) is 1.59. The lowest BCUT2D eigenvalue weighted by Crippen LogP contribution is -1.94. The Morgan fingerprint density at radius 2 is 2.17 bits per heavy atom. The van der Waals surface area contributed by atoms with Crippen molar-refractivity contribution in [3.63, 3.8) is 0 Å². The molecule has 0 unspecified atom stereocenters. The lowest BCUT2D eigenvalue weighted by atomic mass is 10.1. The Kier molecular flexibility index (Phi) is 4.01. The Bertz CT molecular complexity index is 537. The summed E-state index contributed by atoms with van der Waals surface area (Å²) in [6, 6.07) is 5.52. The number of nitrogens with zero attached hydrogens (tertiary/aromatic N) is 2. The first-order chi connectivity index (χ1) is 8.56. The number of hydrogen-bond acceptors (Lipinski definition) is 4. The third kappa shape index (κ3) is 3.10. The van der Waals surface area contributed by atoms with E-state index in [-0.39, 0.29) is 0 Å². The SMILES string of the molecule is CC(C)CCc1noc(-c2cc(N)ccc2Br)n1. The molecule has 2 N–H and O–H groups in total. The van der Waals surface area contributed by atoms with E-state index in [9.17, 15) is 0 Å². The number of nitrogens with two attached hydrogens (primary N) is 1. The highest BCUT2D eigenvalue weighted by atomic mass is 79.9. The Morgan fingerprint density at radius 1 is 1.39 bits per heavy atom. The van der Waals surface area contributed by atoms with Crippen molar-refractivity contribution in [3.8, 4) is 11.5 Å². The number of nitrogen functional groups attached to an aromatic ring is 1. The molecule has 1 heterocycles. The molecular weight excluding hydrogens is 294 g/mol. The number of aryl methyl sites for hydroxylation is 1. The van der Waals surface area contributed by atoms with Gasteiger partial charge in [0.05, 0.1) is 5.56 Å². The van der Waals surface area contributed by atoms with Gasteiger partial charge in [-0.15, -0.1) is 0 Å². The molecule has 0 fully saturated rings. The molecule has 0 atom stereocenters. The first-order valence-corrected chi connectivity index (χ1v) is 6.73. The van der Waals surface area contributed by atoms with Crippen molar-refractivity contribution >= 4 is 21.6 Å². The topological polar surface area (TPSA) is 64.9 Å². The van der Waals surface area contributed by atoms with E-state index in [1.807, 2.05) is 18.2 Å². The van der Waals surface area contributed by atoms with Crippen LogP contribution in [0, 0.1) is 5.92 Å². The average Bonchev–Trinajstić information content (AvgIpc) is 2.78. The number of rotatable bonds is 4. The fraction of sp³-hybridized carbons (Fsp3) is 0.385. The predicted octanol–water partition coefficient (Wildman–Crippen LogP) is 3.67. The Balaban J connectivity index is 2.21. The van der Waals surface area contributed by atoms with Crippen molar-refractivity contribution in [1.82, 2.24) is 10.1 Å². The largest absolute Gasteiger partial charge is 0.399 e. The second-order valence-corrected chi connectivity index (χ2v) is 5.54. The zero-order valence-corrected chi connectivity index (χ0v) is 12.1. The van der Waals surface area contributed by atoms with Crippen LogP contribution in [0.25, 0.3) is 11.5 Å². The van der Waals surface area contributed by atoms with Crippen molar-refractivity contribution in [1.29, 1.82) is 0 Å². The van der Waals surface area contributed by atoms with Gasteiger partial charge in [0.2, 0.25) is 0 Å². The van der Waals surface area contributed by atoms with Gasteiger partial charge < -0.3 is 10.3 Å². The highest BCUT2D eigenvalue weighted by molar-refractivity contribution is 9.10. The first-order valence-electron chi connectivity index (χ1n) is 5.94. The minimum absolute atomic E-state index is 0.507. The quantitative estimate of drug-likeness (QED) is 0.875. The standard InChI is InChI=1S/C13H16BrN3O/c1-8(2)3-6-12-16-13(18-17-12)10-7-9(15)4-5-11(10)14/h4-5,7-8H,3,6,15H2,1-2H3. The molecule has 0 saturated carbocycles. The summed E-state index contributed by atoms with van der Waals surface area (Å²) in [5.41, 5.74) is 7.27. The number of halogens is 1. The van der Waals surface area contributed by atoms with Crippen LogP contribution >= 0.6 is 15.9 Å². The highest BCUT2D eigenvalue weighted by Crippen LogP contribution is 2.28. The van der Waals surface area contributed by atoms with Crippen LogP contribution in [0.5, 0.6) is 0 Å². The van der Waals surface area contributed by atoms with Crippen LogP contribution in [0.1, 0.15) is 26.1 Å². The Hall–Kier alpha value is -1.36. The summed E-state index contributed by atoms with van der Waals surface area (Å²) in [6.07, 6.45) is 1.89. The summed E-state index contributed by atoms with van der Waals surface area (Å²) in [7, 11) is 0. The van der Waals surface area contributed by atoms with Gasteiger partial charge >= 0.3 is 0 Å². The molecule has 0 spiro atoms. The van der Waals surface area contributed by atoms with E-state index in [4.69, 9.17) is 10.3 Å². The van der Waals surface area contributed by atoms with E-state index < -0.39 is 0 Å². The Labute approximate surface area is 115 Å². The van der Waals surface area contributed by atoms with Crippen LogP contribution in [0.4, 0.5) is 5.69 Å². The summed E-state index contributed by atoms with van der Waals surface area (Å²) in [5.74, 6) is 1.88. The lowest BCUT2D eigenvalue weighted by Gasteiger charge is -2.00. The molecule has 4 nitrogen and oxygen atoms in total. The second-order valence-electron chi connectivity index (χ2n) is 4.69. The van der Waals surface area contributed by atoms with Gasteiger partial charge in [-0.2, -0.15) is 4.98 Å². The molecule has 0 aliphatic carbocycles. The average molecular weight is 310 g/mol. The van der Waals surface area contributed by atoms with E-state index in [0.717, 1.165) is 28.7 Å². The van der Waals surface area contributed by atoms with Gasteiger partial charge in [-0.25, -0.2) is 0 Å². The van der Waals surface area contributed by atoms with E-state index in [0.29, 0.717) is 17.5 Å². The summed E-state index contributed by atoms with van der Waals surface area (Å²) in [4.78, 5) is 4.39. The molecule has 0 saturated heterocycles. The summed E-state index contributed by atoms with van der Waals surface area (Å²) in [5, 5.41) is 3.99. The minimum Gasteiger partial charge on any atom is -0.399 e. The molecule has 2 aromatic rings.